The summed E-state index contributed by atoms with van der Waals surface area (Å²) in [7, 11) is 1.83. The molecule has 1 N–H and O–H groups in total. The van der Waals surface area contributed by atoms with Gasteiger partial charge in [-0.15, -0.1) is 0 Å². The number of anilines is 1. The molecule has 0 amide bonds. The Morgan fingerprint density at radius 3 is 2.50 bits per heavy atom. The Hall–Kier alpha value is -2.16. The summed E-state index contributed by atoms with van der Waals surface area (Å²) in [6.07, 6.45) is 0.828. The van der Waals surface area contributed by atoms with Crippen LogP contribution in [0.25, 0.3) is 11.1 Å². The molecule has 0 aliphatic rings. The van der Waals surface area contributed by atoms with Crippen LogP contribution in [0.4, 0.5) is 15.8 Å². The first kappa shape index (κ1) is 14.3. The molecule has 0 saturated heterocycles. The molecule has 0 bridgehead atoms. The molecular weight excluding hydrogens is 251 g/mol. The van der Waals surface area contributed by atoms with E-state index in [1.54, 1.807) is 6.07 Å². The van der Waals surface area contributed by atoms with Gasteiger partial charge in [0, 0.05) is 12.6 Å². The van der Waals surface area contributed by atoms with Crippen LogP contribution in [0.1, 0.15) is 18.1 Å². The highest BCUT2D eigenvalue weighted by Gasteiger charge is 2.11. The van der Waals surface area contributed by atoms with Crippen molar-refractivity contribution in [3.05, 3.63) is 47.3 Å². The second-order valence-corrected chi connectivity index (χ2v) is 4.76. The van der Waals surface area contributed by atoms with Gasteiger partial charge in [-0.3, -0.25) is 4.99 Å². The van der Waals surface area contributed by atoms with E-state index < -0.39 is 0 Å². The molecule has 0 saturated carbocycles. The lowest BCUT2D eigenvalue weighted by molar-refractivity contribution is 0.629. The highest BCUT2D eigenvalue weighted by Crippen LogP contribution is 2.35. The van der Waals surface area contributed by atoms with Crippen LogP contribution in [-0.2, 0) is 6.42 Å². The minimum absolute atomic E-state index is 0.195. The quantitative estimate of drug-likeness (QED) is 0.797. The molecule has 20 heavy (non-hydrogen) atoms. The Morgan fingerprint density at radius 2 is 1.95 bits per heavy atom. The zero-order valence-corrected chi connectivity index (χ0v) is 12.1. The van der Waals surface area contributed by atoms with Gasteiger partial charge in [-0.1, -0.05) is 19.1 Å². The van der Waals surface area contributed by atoms with E-state index >= 15 is 0 Å². The van der Waals surface area contributed by atoms with E-state index in [2.05, 4.69) is 17.0 Å². The van der Waals surface area contributed by atoms with Crippen LogP contribution in [0, 0.1) is 12.7 Å². The van der Waals surface area contributed by atoms with Gasteiger partial charge in [0.05, 0.1) is 11.4 Å². The lowest BCUT2D eigenvalue weighted by Gasteiger charge is -2.13. The molecule has 0 aromatic heterocycles. The standard InChI is InChI=1S/C17H19FN2/c1-5-12-6-7-13(15(18)9-12)14-10-17(20-4)16(19-3)8-11(14)2/h6-10,19H,4-5H2,1-3H3. The van der Waals surface area contributed by atoms with Crippen molar-refractivity contribution in [3.8, 4) is 11.1 Å². The SMILES string of the molecule is C=Nc1cc(-c2ccc(CC)cc2F)c(C)cc1NC. The molecule has 2 aromatic rings. The summed E-state index contributed by atoms with van der Waals surface area (Å²) in [6, 6.07) is 9.24. The average Bonchev–Trinajstić information content (AvgIpc) is 2.47. The topological polar surface area (TPSA) is 24.4 Å². The lowest BCUT2D eigenvalue weighted by atomic mass is 9.97. The number of benzene rings is 2. The van der Waals surface area contributed by atoms with E-state index in [-0.39, 0.29) is 5.82 Å². The van der Waals surface area contributed by atoms with Crippen LogP contribution in [-0.4, -0.2) is 13.8 Å². The maximum Gasteiger partial charge on any atom is 0.131 e. The Morgan fingerprint density at radius 1 is 1.20 bits per heavy atom. The zero-order valence-electron chi connectivity index (χ0n) is 12.1. The summed E-state index contributed by atoms with van der Waals surface area (Å²) in [5, 5.41) is 3.07. The van der Waals surface area contributed by atoms with Crippen molar-refractivity contribution in [1.82, 2.24) is 0 Å². The Labute approximate surface area is 119 Å². The third kappa shape index (κ3) is 2.57. The molecule has 2 nitrogen and oxygen atoms in total. The fourth-order valence-corrected chi connectivity index (χ4v) is 2.31. The minimum atomic E-state index is -0.195. The summed E-state index contributed by atoms with van der Waals surface area (Å²) >= 11 is 0. The first-order valence-corrected chi connectivity index (χ1v) is 6.68. The third-order valence-electron chi connectivity index (χ3n) is 3.51. The molecule has 104 valence electrons. The maximum absolute atomic E-state index is 14.3. The predicted molar refractivity (Wildman–Crippen MR) is 84.7 cm³/mol. The Balaban J connectivity index is 2.60. The van der Waals surface area contributed by atoms with Crippen molar-refractivity contribution < 1.29 is 4.39 Å². The summed E-state index contributed by atoms with van der Waals surface area (Å²) in [6.45, 7) is 7.55. The molecule has 0 heterocycles. The molecule has 0 unspecified atom stereocenters. The molecule has 0 radical (unpaired) electrons. The van der Waals surface area contributed by atoms with Crippen LogP contribution < -0.4 is 5.32 Å². The number of hydrogen-bond donors (Lipinski definition) is 1. The zero-order chi connectivity index (χ0) is 14.7. The van der Waals surface area contributed by atoms with Crippen LogP contribution >= 0.6 is 0 Å². The smallest absolute Gasteiger partial charge is 0.131 e. The van der Waals surface area contributed by atoms with Crippen LogP contribution in [0.3, 0.4) is 0 Å². The van der Waals surface area contributed by atoms with Gasteiger partial charge in [-0.05, 0) is 55.0 Å². The van der Waals surface area contributed by atoms with E-state index in [9.17, 15) is 4.39 Å². The summed E-state index contributed by atoms with van der Waals surface area (Å²) in [4.78, 5) is 4.00. The Kier molecular flexibility index (Phi) is 4.18. The van der Waals surface area contributed by atoms with Crippen molar-refractivity contribution in [2.75, 3.05) is 12.4 Å². The highest BCUT2D eigenvalue weighted by atomic mass is 19.1. The fourth-order valence-electron chi connectivity index (χ4n) is 2.31. The van der Waals surface area contributed by atoms with Crippen LogP contribution in [0.5, 0.6) is 0 Å². The first-order valence-electron chi connectivity index (χ1n) is 6.68. The van der Waals surface area contributed by atoms with E-state index in [1.165, 1.54) is 0 Å². The molecular formula is C17H19FN2. The van der Waals surface area contributed by atoms with Gasteiger partial charge >= 0.3 is 0 Å². The van der Waals surface area contributed by atoms with Gasteiger partial charge in [-0.2, -0.15) is 0 Å². The van der Waals surface area contributed by atoms with Crippen molar-refractivity contribution in [2.24, 2.45) is 4.99 Å². The van der Waals surface area contributed by atoms with E-state index in [4.69, 9.17) is 0 Å². The lowest BCUT2D eigenvalue weighted by Crippen LogP contribution is -1.94. The van der Waals surface area contributed by atoms with Gasteiger partial charge < -0.3 is 5.32 Å². The maximum atomic E-state index is 14.3. The normalized spacial score (nSPS) is 10.4. The number of nitrogens with zero attached hydrogens (tertiary/aromatic N) is 1. The van der Waals surface area contributed by atoms with Crippen LogP contribution in [0.15, 0.2) is 35.3 Å². The number of aliphatic imine (C=N–C) groups is 1. The van der Waals surface area contributed by atoms with Crippen molar-refractivity contribution >= 4 is 18.1 Å². The van der Waals surface area contributed by atoms with E-state index in [0.717, 1.165) is 34.5 Å². The number of rotatable bonds is 4. The van der Waals surface area contributed by atoms with E-state index in [1.807, 2.05) is 45.2 Å². The third-order valence-corrected chi connectivity index (χ3v) is 3.51. The molecule has 0 aliphatic heterocycles. The monoisotopic (exact) mass is 270 g/mol. The second-order valence-electron chi connectivity index (χ2n) is 4.76. The summed E-state index contributed by atoms with van der Waals surface area (Å²) in [5.41, 5.74) is 5.08. The van der Waals surface area contributed by atoms with Gasteiger partial charge in [0.15, 0.2) is 0 Å². The number of aryl methyl sites for hydroxylation is 2. The van der Waals surface area contributed by atoms with Gasteiger partial charge in [0.1, 0.15) is 5.82 Å². The van der Waals surface area contributed by atoms with E-state index in [0.29, 0.717) is 5.56 Å². The van der Waals surface area contributed by atoms with Crippen molar-refractivity contribution in [3.63, 3.8) is 0 Å². The predicted octanol–water partition coefficient (Wildman–Crippen LogP) is 4.74. The minimum Gasteiger partial charge on any atom is -0.386 e. The first-order chi connectivity index (χ1) is 9.60. The number of hydrogen-bond acceptors (Lipinski definition) is 2. The molecule has 2 aromatic carbocycles. The fraction of sp³-hybridized carbons (Fsp3) is 0.235. The van der Waals surface area contributed by atoms with Gasteiger partial charge in [-0.25, -0.2) is 4.39 Å². The molecule has 3 heteroatoms. The molecule has 0 fully saturated rings. The van der Waals surface area contributed by atoms with Crippen molar-refractivity contribution in [2.45, 2.75) is 20.3 Å². The number of halogens is 1. The van der Waals surface area contributed by atoms with Gasteiger partial charge in [0.2, 0.25) is 0 Å². The Bertz CT molecular complexity index is 648. The second kappa shape index (κ2) is 5.87. The molecule has 0 aliphatic carbocycles. The van der Waals surface area contributed by atoms with Gasteiger partial charge in [0.25, 0.3) is 0 Å². The highest BCUT2D eigenvalue weighted by molar-refractivity contribution is 5.79. The molecule has 0 spiro atoms. The summed E-state index contributed by atoms with van der Waals surface area (Å²) < 4.78 is 14.3. The molecule has 0 atom stereocenters. The van der Waals surface area contributed by atoms with Crippen molar-refractivity contribution in [1.29, 1.82) is 0 Å². The largest absolute Gasteiger partial charge is 0.386 e. The molecule has 2 rings (SSSR count). The average molecular weight is 270 g/mol. The van der Waals surface area contributed by atoms with Crippen LogP contribution in [0.2, 0.25) is 0 Å². The number of nitrogens with one attached hydrogen (secondary N) is 1. The summed E-state index contributed by atoms with van der Waals surface area (Å²) in [5.74, 6) is -0.195.